The van der Waals surface area contributed by atoms with E-state index >= 15 is 0 Å². The maximum atomic E-state index is 12.7. The fraction of sp³-hybridized carbons (Fsp3) is 0.515. The van der Waals surface area contributed by atoms with Gasteiger partial charge in [-0.2, -0.15) is 4.57 Å². The lowest BCUT2D eigenvalue weighted by Gasteiger charge is -2.11. The summed E-state index contributed by atoms with van der Waals surface area (Å²) in [4.78, 5) is 13.9. The lowest BCUT2D eigenvalue weighted by molar-refractivity contribution is -0.683. The first-order valence-corrected chi connectivity index (χ1v) is 16.0. The third-order valence-corrected chi connectivity index (χ3v) is 8.11. The third kappa shape index (κ3) is 12.6. The molecule has 0 fully saturated rings. The Morgan fingerprint density at radius 3 is 2.10 bits per heavy atom. The summed E-state index contributed by atoms with van der Waals surface area (Å²) < 4.78 is 8.14. The maximum Gasteiger partial charge on any atom is 0.228 e. The number of aromatic nitrogens is 1. The molecule has 0 saturated carbocycles. The molecule has 0 aliphatic heterocycles. The molecule has 1 N–H and O–H groups in total. The Kier molecular flexibility index (Phi) is 14.4. The summed E-state index contributed by atoms with van der Waals surface area (Å²) in [7, 11) is 0. The number of amides is 1. The summed E-state index contributed by atoms with van der Waals surface area (Å²) in [5.41, 5.74) is 5.01. The first kappa shape index (κ1) is 31.2. The van der Waals surface area contributed by atoms with Crippen LogP contribution in [0.4, 0.5) is 5.69 Å². The number of ether oxygens (including phenoxy) is 1. The molecule has 0 radical (unpaired) electrons. The number of thiazole rings is 1. The molecule has 0 spiro atoms. The van der Waals surface area contributed by atoms with Crippen LogP contribution in [-0.4, -0.2) is 12.5 Å². The monoisotopic (exact) mass is 569 g/mol. The molecule has 1 heterocycles. The molecule has 212 valence electrons. The number of benzene rings is 2. The fourth-order valence-electron chi connectivity index (χ4n) is 4.72. The predicted octanol–water partition coefficient (Wildman–Crippen LogP) is 9.31. The number of aryl methyl sites for hydroxylation is 1. The van der Waals surface area contributed by atoms with Gasteiger partial charge in [0.1, 0.15) is 5.75 Å². The molecular weight excluding hydrogens is 524 g/mol. The molecule has 0 saturated heterocycles. The third-order valence-electron chi connectivity index (χ3n) is 6.94. The molecule has 0 atom stereocenters. The Morgan fingerprint density at radius 2 is 1.49 bits per heavy atom. The lowest BCUT2D eigenvalue weighted by atomic mass is 10.1. The van der Waals surface area contributed by atoms with Crippen LogP contribution in [0.2, 0.25) is 5.02 Å². The van der Waals surface area contributed by atoms with E-state index in [1.165, 1.54) is 81.1 Å². The standard InChI is InChI=1S/C33H45ClN2O2S/c1-3-4-5-6-7-8-9-10-11-12-13-14-21-38-32-22-29(17-20-31(32)34)23-33(37)35-30-18-15-28(16-19-30)25-36-24-27(2)39-26-36/h15-20,22,24,26H,3-14,21,23,25H2,1-2H3/p+1. The van der Waals surface area contributed by atoms with Crippen LogP contribution in [0.25, 0.3) is 0 Å². The Labute approximate surface area is 244 Å². The van der Waals surface area contributed by atoms with Gasteiger partial charge in [-0.05, 0) is 43.2 Å². The van der Waals surface area contributed by atoms with Crippen molar-refractivity contribution in [3.8, 4) is 5.75 Å². The summed E-state index contributed by atoms with van der Waals surface area (Å²) in [5.74, 6) is 0.607. The first-order valence-electron chi connectivity index (χ1n) is 14.8. The molecule has 4 nitrogen and oxygen atoms in total. The van der Waals surface area contributed by atoms with E-state index in [2.05, 4.69) is 47.6 Å². The van der Waals surface area contributed by atoms with E-state index in [1.54, 1.807) is 11.3 Å². The van der Waals surface area contributed by atoms with Crippen molar-refractivity contribution in [2.75, 3.05) is 11.9 Å². The molecule has 0 aliphatic carbocycles. The number of carbonyl (C=O) groups is 1. The van der Waals surface area contributed by atoms with Crippen molar-refractivity contribution in [3.05, 3.63) is 75.2 Å². The molecule has 39 heavy (non-hydrogen) atoms. The minimum absolute atomic E-state index is 0.0557. The fourth-order valence-corrected chi connectivity index (χ4v) is 5.52. The Hall–Kier alpha value is -2.37. The SMILES string of the molecule is CCCCCCCCCCCCCCOc1cc(CC(=O)Nc2ccc(C[n+]3csc(C)c3)cc2)ccc1Cl. The van der Waals surface area contributed by atoms with Crippen molar-refractivity contribution in [3.63, 3.8) is 0 Å². The van der Waals surface area contributed by atoms with Crippen molar-refractivity contribution in [1.29, 1.82) is 0 Å². The van der Waals surface area contributed by atoms with E-state index < -0.39 is 0 Å². The van der Waals surface area contributed by atoms with Crippen LogP contribution in [0, 0.1) is 6.92 Å². The van der Waals surface area contributed by atoms with Gasteiger partial charge in [0.15, 0.2) is 12.7 Å². The highest BCUT2D eigenvalue weighted by molar-refractivity contribution is 7.09. The summed E-state index contributed by atoms with van der Waals surface area (Å²) in [6.45, 7) is 5.86. The predicted molar refractivity (Wildman–Crippen MR) is 165 cm³/mol. The molecule has 3 rings (SSSR count). The smallest absolute Gasteiger partial charge is 0.228 e. The van der Waals surface area contributed by atoms with Crippen LogP contribution >= 0.6 is 22.9 Å². The summed E-state index contributed by atoms with van der Waals surface area (Å²) in [6, 6.07) is 13.6. The van der Waals surface area contributed by atoms with E-state index in [9.17, 15) is 4.79 Å². The highest BCUT2D eigenvalue weighted by Crippen LogP contribution is 2.26. The van der Waals surface area contributed by atoms with Gasteiger partial charge in [0.25, 0.3) is 0 Å². The van der Waals surface area contributed by atoms with Crippen molar-refractivity contribution >= 4 is 34.5 Å². The van der Waals surface area contributed by atoms with Crippen molar-refractivity contribution < 1.29 is 14.1 Å². The van der Waals surface area contributed by atoms with Crippen molar-refractivity contribution in [1.82, 2.24) is 0 Å². The summed E-state index contributed by atoms with van der Waals surface area (Å²) in [6.07, 6.45) is 18.2. The first-order chi connectivity index (χ1) is 19.0. The second-order valence-electron chi connectivity index (χ2n) is 10.6. The zero-order chi connectivity index (χ0) is 27.7. The Balaban J connectivity index is 1.31. The van der Waals surface area contributed by atoms with Crippen LogP contribution in [-0.2, 0) is 17.8 Å². The number of nitrogens with one attached hydrogen (secondary N) is 1. The second-order valence-corrected chi connectivity index (χ2v) is 12.1. The minimum Gasteiger partial charge on any atom is -0.492 e. The maximum absolute atomic E-state index is 12.7. The van der Waals surface area contributed by atoms with E-state index in [-0.39, 0.29) is 12.3 Å². The van der Waals surface area contributed by atoms with Crippen LogP contribution in [0.5, 0.6) is 5.75 Å². The van der Waals surface area contributed by atoms with Crippen molar-refractivity contribution in [2.45, 2.75) is 104 Å². The molecule has 1 amide bonds. The van der Waals surface area contributed by atoms with Crippen LogP contribution in [0.15, 0.2) is 54.2 Å². The van der Waals surface area contributed by atoms with Gasteiger partial charge in [0.05, 0.1) is 22.9 Å². The van der Waals surface area contributed by atoms with Crippen LogP contribution in [0.1, 0.15) is 100.0 Å². The van der Waals surface area contributed by atoms with E-state index in [4.69, 9.17) is 16.3 Å². The van der Waals surface area contributed by atoms with Gasteiger partial charge < -0.3 is 10.1 Å². The number of unbranched alkanes of at least 4 members (excludes halogenated alkanes) is 11. The number of hydrogen-bond acceptors (Lipinski definition) is 3. The number of carbonyl (C=O) groups excluding carboxylic acids is 1. The van der Waals surface area contributed by atoms with Crippen LogP contribution < -0.4 is 14.6 Å². The van der Waals surface area contributed by atoms with Gasteiger partial charge in [0, 0.05) is 11.3 Å². The average molecular weight is 570 g/mol. The zero-order valence-electron chi connectivity index (χ0n) is 23.9. The number of anilines is 1. The Bertz CT molecular complexity index is 1110. The summed E-state index contributed by atoms with van der Waals surface area (Å²) >= 11 is 8.10. The van der Waals surface area contributed by atoms with Crippen molar-refractivity contribution in [2.24, 2.45) is 0 Å². The van der Waals surface area contributed by atoms with E-state index in [0.29, 0.717) is 17.4 Å². The average Bonchev–Trinajstić information content (AvgIpc) is 3.33. The largest absolute Gasteiger partial charge is 0.492 e. The Morgan fingerprint density at radius 1 is 0.872 bits per heavy atom. The number of halogens is 1. The lowest BCUT2D eigenvalue weighted by Crippen LogP contribution is -2.30. The van der Waals surface area contributed by atoms with E-state index in [0.717, 1.165) is 24.2 Å². The normalized spacial score (nSPS) is 11.1. The van der Waals surface area contributed by atoms with Gasteiger partial charge in [-0.3, -0.25) is 4.79 Å². The quantitative estimate of drug-likeness (QED) is 0.115. The van der Waals surface area contributed by atoms with E-state index in [1.807, 2.05) is 30.3 Å². The number of hydrogen-bond donors (Lipinski definition) is 1. The zero-order valence-corrected chi connectivity index (χ0v) is 25.4. The highest BCUT2D eigenvalue weighted by atomic mass is 35.5. The molecule has 0 unspecified atom stereocenters. The van der Waals surface area contributed by atoms with Gasteiger partial charge in [-0.25, -0.2) is 0 Å². The molecule has 1 aromatic heterocycles. The highest BCUT2D eigenvalue weighted by Gasteiger charge is 2.10. The minimum atomic E-state index is -0.0557. The molecule has 6 heteroatoms. The molecule has 0 aliphatic rings. The van der Waals surface area contributed by atoms with Crippen LogP contribution in [0.3, 0.4) is 0 Å². The second kappa shape index (κ2) is 18.1. The number of rotatable bonds is 19. The molecular formula is C33H46ClN2O2S+. The molecule has 3 aromatic rings. The summed E-state index contributed by atoms with van der Waals surface area (Å²) in [5, 5.41) is 3.59. The van der Waals surface area contributed by atoms with Gasteiger partial charge in [0.2, 0.25) is 11.4 Å². The molecule has 0 bridgehead atoms. The van der Waals surface area contributed by atoms with Gasteiger partial charge >= 0.3 is 0 Å². The van der Waals surface area contributed by atoms with Gasteiger partial charge in [-0.1, -0.05) is 119 Å². The van der Waals surface area contributed by atoms with Gasteiger partial charge in [-0.15, -0.1) is 0 Å². The number of nitrogens with zero attached hydrogens (tertiary/aromatic N) is 1. The molecule has 2 aromatic carbocycles. The topological polar surface area (TPSA) is 42.2 Å².